The van der Waals surface area contributed by atoms with Gasteiger partial charge in [0.2, 0.25) is 0 Å². The molecule has 0 amide bonds. The first-order chi connectivity index (χ1) is 8.11. The Bertz CT molecular complexity index is 350. The fourth-order valence-electron chi connectivity index (χ4n) is 2.48. The predicted molar refractivity (Wildman–Crippen MR) is 72.2 cm³/mol. The first-order valence-electron chi connectivity index (χ1n) is 6.64. The van der Waals surface area contributed by atoms with Crippen LogP contribution < -0.4 is 4.90 Å². The first kappa shape index (κ1) is 12.4. The molecule has 0 radical (unpaired) electrons. The maximum atomic E-state index is 9.76. The van der Waals surface area contributed by atoms with Crippen LogP contribution in [0.3, 0.4) is 0 Å². The summed E-state index contributed by atoms with van der Waals surface area (Å²) in [5.41, 5.74) is 2.31. The van der Waals surface area contributed by atoms with Crippen LogP contribution >= 0.6 is 0 Å². The normalized spacial score (nSPS) is 26.2. The average Bonchev–Trinajstić information content (AvgIpc) is 2.69. The lowest BCUT2D eigenvalue weighted by atomic mass is 10.0. The molecule has 3 atom stereocenters. The van der Waals surface area contributed by atoms with E-state index < -0.39 is 0 Å². The fourth-order valence-corrected chi connectivity index (χ4v) is 2.48. The van der Waals surface area contributed by atoms with Gasteiger partial charge in [-0.25, -0.2) is 0 Å². The highest BCUT2D eigenvalue weighted by atomic mass is 16.3. The number of hydrogen-bond acceptors (Lipinski definition) is 2. The SMILES string of the molecule is CC[C@H](O)c1ccc(N2CC(C)C(C)C2)cc1. The maximum Gasteiger partial charge on any atom is 0.0787 e. The summed E-state index contributed by atoms with van der Waals surface area (Å²) in [5.74, 6) is 1.55. The third kappa shape index (κ3) is 2.63. The van der Waals surface area contributed by atoms with Gasteiger partial charge in [0.15, 0.2) is 0 Å². The monoisotopic (exact) mass is 233 g/mol. The topological polar surface area (TPSA) is 23.5 Å². The van der Waals surface area contributed by atoms with Crippen LogP contribution in [0.15, 0.2) is 24.3 Å². The number of rotatable bonds is 3. The van der Waals surface area contributed by atoms with Crippen molar-refractivity contribution in [3.63, 3.8) is 0 Å². The van der Waals surface area contributed by atoms with E-state index in [0.717, 1.165) is 36.9 Å². The molecule has 2 unspecified atom stereocenters. The molecule has 1 fully saturated rings. The summed E-state index contributed by atoms with van der Waals surface area (Å²) in [5, 5.41) is 9.76. The molecule has 1 aromatic carbocycles. The molecule has 94 valence electrons. The van der Waals surface area contributed by atoms with Crippen molar-refractivity contribution in [1.29, 1.82) is 0 Å². The van der Waals surface area contributed by atoms with E-state index in [-0.39, 0.29) is 6.10 Å². The zero-order valence-electron chi connectivity index (χ0n) is 11.1. The van der Waals surface area contributed by atoms with Gasteiger partial charge in [0.05, 0.1) is 6.10 Å². The molecule has 0 aliphatic carbocycles. The molecular weight excluding hydrogens is 210 g/mol. The molecule has 1 N–H and O–H groups in total. The van der Waals surface area contributed by atoms with E-state index in [1.165, 1.54) is 5.69 Å². The summed E-state index contributed by atoms with van der Waals surface area (Å²) in [4.78, 5) is 2.44. The summed E-state index contributed by atoms with van der Waals surface area (Å²) in [6.45, 7) is 8.94. The Labute approximate surface area is 104 Å². The molecule has 1 saturated heterocycles. The lowest BCUT2D eigenvalue weighted by Gasteiger charge is -2.19. The Morgan fingerprint density at radius 1 is 1.18 bits per heavy atom. The minimum atomic E-state index is -0.319. The lowest BCUT2D eigenvalue weighted by Crippen LogP contribution is -2.19. The van der Waals surface area contributed by atoms with Crippen molar-refractivity contribution < 1.29 is 5.11 Å². The first-order valence-corrected chi connectivity index (χ1v) is 6.64. The van der Waals surface area contributed by atoms with Gasteiger partial charge in [-0.15, -0.1) is 0 Å². The van der Waals surface area contributed by atoms with E-state index in [0.29, 0.717) is 0 Å². The smallest absolute Gasteiger partial charge is 0.0787 e. The Morgan fingerprint density at radius 2 is 1.71 bits per heavy atom. The summed E-state index contributed by atoms with van der Waals surface area (Å²) in [6, 6.07) is 8.38. The summed E-state index contributed by atoms with van der Waals surface area (Å²) < 4.78 is 0. The Kier molecular flexibility index (Phi) is 3.72. The lowest BCUT2D eigenvalue weighted by molar-refractivity contribution is 0.173. The molecule has 2 heteroatoms. The van der Waals surface area contributed by atoms with Crippen LogP contribution in [0, 0.1) is 11.8 Å². The van der Waals surface area contributed by atoms with Gasteiger partial charge >= 0.3 is 0 Å². The van der Waals surface area contributed by atoms with Gasteiger partial charge in [0.1, 0.15) is 0 Å². The molecule has 1 heterocycles. The summed E-state index contributed by atoms with van der Waals surface area (Å²) in [7, 11) is 0. The molecule has 1 aromatic rings. The van der Waals surface area contributed by atoms with Crippen LogP contribution in [0.5, 0.6) is 0 Å². The molecular formula is C15H23NO. The van der Waals surface area contributed by atoms with Gasteiger partial charge in [-0.1, -0.05) is 32.9 Å². The maximum absolute atomic E-state index is 9.76. The minimum absolute atomic E-state index is 0.319. The second-order valence-electron chi connectivity index (χ2n) is 5.38. The molecule has 0 spiro atoms. The fraction of sp³-hybridized carbons (Fsp3) is 0.600. The number of aliphatic hydroxyl groups excluding tert-OH is 1. The highest BCUT2D eigenvalue weighted by Gasteiger charge is 2.25. The van der Waals surface area contributed by atoms with Crippen molar-refractivity contribution in [2.45, 2.75) is 33.3 Å². The zero-order valence-corrected chi connectivity index (χ0v) is 11.1. The Hall–Kier alpha value is -1.02. The number of nitrogens with zero attached hydrogens (tertiary/aromatic N) is 1. The van der Waals surface area contributed by atoms with Crippen LogP contribution in [-0.2, 0) is 0 Å². The summed E-state index contributed by atoms with van der Waals surface area (Å²) in [6.07, 6.45) is 0.456. The third-order valence-electron chi connectivity index (χ3n) is 4.02. The van der Waals surface area contributed by atoms with Crippen molar-refractivity contribution in [2.24, 2.45) is 11.8 Å². The van der Waals surface area contributed by atoms with Crippen molar-refractivity contribution in [2.75, 3.05) is 18.0 Å². The van der Waals surface area contributed by atoms with Crippen molar-refractivity contribution in [3.8, 4) is 0 Å². The summed E-state index contributed by atoms with van der Waals surface area (Å²) >= 11 is 0. The third-order valence-corrected chi connectivity index (χ3v) is 4.02. The number of hydrogen-bond donors (Lipinski definition) is 1. The quantitative estimate of drug-likeness (QED) is 0.866. The van der Waals surface area contributed by atoms with Crippen LogP contribution in [0.2, 0.25) is 0 Å². The molecule has 17 heavy (non-hydrogen) atoms. The van der Waals surface area contributed by atoms with E-state index in [4.69, 9.17) is 0 Å². The molecule has 2 nitrogen and oxygen atoms in total. The average molecular weight is 233 g/mol. The number of aliphatic hydroxyl groups is 1. The molecule has 0 bridgehead atoms. The van der Waals surface area contributed by atoms with Gasteiger partial charge in [0, 0.05) is 18.8 Å². The van der Waals surface area contributed by atoms with Crippen LogP contribution in [0.25, 0.3) is 0 Å². The van der Waals surface area contributed by atoms with Gasteiger partial charge < -0.3 is 10.0 Å². The highest BCUT2D eigenvalue weighted by Crippen LogP contribution is 2.28. The van der Waals surface area contributed by atoms with Gasteiger partial charge in [-0.3, -0.25) is 0 Å². The molecule has 0 aromatic heterocycles. The molecule has 1 aliphatic rings. The van der Waals surface area contributed by atoms with Crippen LogP contribution in [0.1, 0.15) is 38.9 Å². The Morgan fingerprint density at radius 3 is 2.18 bits per heavy atom. The van der Waals surface area contributed by atoms with Gasteiger partial charge in [0.25, 0.3) is 0 Å². The van der Waals surface area contributed by atoms with Crippen LogP contribution in [-0.4, -0.2) is 18.2 Å². The largest absolute Gasteiger partial charge is 0.388 e. The standard InChI is InChI=1S/C15H23NO/c1-4-15(17)13-5-7-14(8-6-13)16-9-11(2)12(3)10-16/h5-8,11-12,15,17H,4,9-10H2,1-3H3/t11?,12?,15-/m0/s1. The number of anilines is 1. The number of benzene rings is 1. The Balaban J connectivity index is 2.08. The second kappa shape index (κ2) is 5.09. The second-order valence-corrected chi connectivity index (χ2v) is 5.38. The zero-order chi connectivity index (χ0) is 12.4. The van der Waals surface area contributed by atoms with E-state index in [2.05, 4.69) is 43.0 Å². The van der Waals surface area contributed by atoms with Gasteiger partial charge in [-0.2, -0.15) is 0 Å². The minimum Gasteiger partial charge on any atom is -0.388 e. The van der Waals surface area contributed by atoms with E-state index >= 15 is 0 Å². The molecule has 1 aliphatic heterocycles. The van der Waals surface area contributed by atoms with E-state index in [1.54, 1.807) is 0 Å². The van der Waals surface area contributed by atoms with Crippen molar-refractivity contribution in [1.82, 2.24) is 0 Å². The van der Waals surface area contributed by atoms with Crippen molar-refractivity contribution >= 4 is 5.69 Å². The highest BCUT2D eigenvalue weighted by molar-refractivity contribution is 5.49. The van der Waals surface area contributed by atoms with Gasteiger partial charge in [-0.05, 0) is 36.0 Å². The molecule has 2 rings (SSSR count). The van der Waals surface area contributed by atoms with E-state index in [9.17, 15) is 5.11 Å². The van der Waals surface area contributed by atoms with Crippen molar-refractivity contribution in [3.05, 3.63) is 29.8 Å². The molecule has 0 saturated carbocycles. The van der Waals surface area contributed by atoms with E-state index in [1.807, 2.05) is 6.92 Å². The predicted octanol–water partition coefficient (Wildman–Crippen LogP) is 3.22. The van der Waals surface area contributed by atoms with Crippen LogP contribution in [0.4, 0.5) is 5.69 Å².